The van der Waals surface area contributed by atoms with E-state index in [4.69, 9.17) is 0 Å². The van der Waals surface area contributed by atoms with Gasteiger partial charge in [0.05, 0.1) is 0 Å². The molecule has 0 spiro atoms. The number of fused-ring (bicyclic) bond motifs is 1. The third-order valence-corrected chi connectivity index (χ3v) is 5.04. The van der Waals surface area contributed by atoms with Crippen LogP contribution in [0.25, 0.3) is 11.0 Å². The molecular weight excluding hydrogens is 409 g/mol. The number of nitrogens with one attached hydrogen (secondary N) is 1. The zero-order valence-corrected chi connectivity index (χ0v) is 15.1. The second-order valence-corrected chi connectivity index (χ2v) is 6.94. The van der Waals surface area contributed by atoms with Crippen LogP contribution in [0, 0.1) is 23.3 Å². The Kier molecular flexibility index (Phi) is 6.05. The summed E-state index contributed by atoms with van der Waals surface area (Å²) in [5.41, 5.74) is -1.73. The van der Waals surface area contributed by atoms with Crippen LogP contribution in [0.1, 0.15) is 19.8 Å². The first-order chi connectivity index (χ1) is 11.8. The van der Waals surface area contributed by atoms with Crippen LogP contribution in [-0.4, -0.2) is 49.7 Å². The van der Waals surface area contributed by atoms with Crippen LogP contribution in [-0.2, 0) is 4.74 Å². The quantitative estimate of drug-likeness (QED) is 0.263. The van der Waals surface area contributed by atoms with Gasteiger partial charge in [-0.3, -0.25) is 0 Å². The molecule has 6 nitrogen and oxygen atoms in total. The number of hydrogen-bond donors (Lipinski definition) is 1. The Morgan fingerprint density at radius 1 is 1.16 bits per heavy atom. The van der Waals surface area contributed by atoms with E-state index in [1.165, 1.54) is 0 Å². The normalized spacial score (nSPS) is 11.4. The molecule has 0 aliphatic rings. The van der Waals surface area contributed by atoms with Crippen molar-refractivity contribution in [2.24, 2.45) is 0 Å². The zero-order chi connectivity index (χ0) is 18.7. The van der Waals surface area contributed by atoms with Gasteiger partial charge in [0, 0.05) is 0 Å². The molecule has 0 saturated carbocycles. The van der Waals surface area contributed by atoms with Gasteiger partial charge in [0.2, 0.25) is 0 Å². The van der Waals surface area contributed by atoms with E-state index in [-0.39, 0.29) is 11.2 Å². The molecule has 1 amide bonds. The van der Waals surface area contributed by atoms with Crippen LogP contribution in [0.2, 0.25) is 0 Å². The van der Waals surface area contributed by atoms with Crippen LogP contribution < -0.4 is 9.93 Å². The van der Waals surface area contributed by atoms with Crippen molar-refractivity contribution < 1.29 is 31.9 Å². The predicted octanol–water partition coefficient (Wildman–Crippen LogP) is 2.05. The fraction of sp³-hybridized carbons (Fsp3) is 0.357. The molecular formula is C14H13AsF4N3O3. The van der Waals surface area contributed by atoms with Crippen molar-refractivity contribution in [1.29, 1.82) is 0 Å². The third kappa shape index (κ3) is 3.63. The molecule has 2 aromatic rings. The number of aromatic nitrogens is 2. The molecule has 0 saturated heterocycles. The van der Waals surface area contributed by atoms with Crippen molar-refractivity contribution in [1.82, 2.24) is 14.9 Å². The van der Waals surface area contributed by atoms with E-state index in [9.17, 15) is 27.2 Å². The number of carbonyl (C=O) groups excluding carboxylic acids is 2. The molecule has 0 aliphatic carbocycles. The number of benzene rings is 1. The molecule has 1 N–H and O–H groups in total. The molecule has 0 fully saturated rings. The molecule has 1 heterocycles. The monoisotopic (exact) mass is 422 g/mol. The molecule has 0 aliphatic heterocycles. The van der Waals surface area contributed by atoms with Gasteiger partial charge < -0.3 is 0 Å². The molecule has 25 heavy (non-hydrogen) atoms. The summed E-state index contributed by atoms with van der Waals surface area (Å²) in [4.78, 5) is 27.4. The number of ether oxygens (including phenoxy) is 1. The van der Waals surface area contributed by atoms with Crippen molar-refractivity contribution >= 4 is 42.2 Å². The van der Waals surface area contributed by atoms with Gasteiger partial charge in [0.1, 0.15) is 0 Å². The molecule has 1 aromatic heterocycles. The Hall–Kier alpha value is -2.09. The molecule has 0 unspecified atom stereocenters. The first kappa shape index (κ1) is 19.2. The average molecular weight is 422 g/mol. The predicted molar refractivity (Wildman–Crippen MR) is 81.1 cm³/mol. The van der Waals surface area contributed by atoms with Gasteiger partial charge in [-0.15, -0.1) is 0 Å². The fourth-order valence-electron chi connectivity index (χ4n) is 2.01. The SMILES string of the molecule is CCCCNC(=O)n1c([As]C(=O)OC)nc2c(F)c(F)c(F)c(F)c21. The van der Waals surface area contributed by atoms with Crippen molar-refractivity contribution in [2.45, 2.75) is 19.8 Å². The standard InChI is InChI=1S/C14H13AsF4N3O3/c1-3-4-5-20-14(24)22-11-9(19)7(17)6(16)8(18)10(11)21-12(22)15-13(23)25-2/h3-5H2,1-2H3,(H,20,24). The Morgan fingerprint density at radius 3 is 2.40 bits per heavy atom. The number of imidazole rings is 1. The van der Waals surface area contributed by atoms with E-state index in [0.717, 1.165) is 13.5 Å². The van der Waals surface area contributed by atoms with Crippen LogP contribution in [0.15, 0.2) is 0 Å². The van der Waals surface area contributed by atoms with Crippen LogP contribution >= 0.6 is 0 Å². The van der Waals surface area contributed by atoms with Gasteiger partial charge in [-0.25, -0.2) is 0 Å². The summed E-state index contributed by atoms with van der Waals surface area (Å²) in [6.07, 6.45) is 1.37. The van der Waals surface area contributed by atoms with Gasteiger partial charge in [0.25, 0.3) is 0 Å². The average Bonchev–Trinajstić information content (AvgIpc) is 2.97. The topological polar surface area (TPSA) is 73.2 Å². The third-order valence-electron chi connectivity index (χ3n) is 3.23. The van der Waals surface area contributed by atoms with Crippen molar-refractivity contribution in [3.8, 4) is 0 Å². The number of carbonyl (C=O) groups is 2. The van der Waals surface area contributed by atoms with Gasteiger partial charge in [-0.2, -0.15) is 0 Å². The van der Waals surface area contributed by atoms with Crippen molar-refractivity contribution in [3.05, 3.63) is 23.3 Å². The minimum absolute atomic E-state index is 0.219. The van der Waals surface area contributed by atoms with Gasteiger partial charge in [-0.1, -0.05) is 0 Å². The van der Waals surface area contributed by atoms with E-state index in [2.05, 4.69) is 15.0 Å². The maximum absolute atomic E-state index is 14.2. The Balaban J connectivity index is 2.67. The van der Waals surface area contributed by atoms with Crippen LogP contribution in [0.4, 0.5) is 27.2 Å². The summed E-state index contributed by atoms with van der Waals surface area (Å²) in [5.74, 6) is -7.60. The molecule has 1 radical (unpaired) electrons. The number of nitrogens with zero attached hydrogens (tertiary/aromatic N) is 2. The Morgan fingerprint density at radius 2 is 1.80 bits per heavy atom. The zero-order valence-electron chi connectivity index (χ0n) is 13.2. The second-order valence-electron chi connectivity index (χ2n) is 4.87. The van der Waals surface area contributed by atoms with Crippen molar-refractivity contribution in [3.63, 3.8) is 0 Å². The minimum atomic E-state index is -2.06. The molecule has 11 heteroatoms. The summed E-state index contributed by atoms with van der Waals surface area (Å²) in [6, 6.07) is -0.922. The van der Waals surface area contributed by atoms with Gasteiger partial charge in [0.15, 0.2) is 0 Å². The van der Waals surface area contributed by atoms with E-state index >= 15 is 0 Å². The number of rotatable bonds is 5. The number of methoxy groups -OCH3 is 1. The molecule has 0 bridgehead atoms. The first-order valence-electron chi connectivity index (χ1n) is 7.15. The summed E-state index contributed by atoms with van der Waals surface area (Å²) in [7, 11) is 1.09. The summed E-state index contributed by atoms with van der Waals surface area (Å²) in [5, 5.41) is 2.43. The van der Waals surface area contributed by atoms with E-state index in [0.29, 0.717) is 11.0 Å². The van der Waals surface area contributed by atoms with Crippen LogP contribution in [0.5, 0.6) is 0 Å². The van der Waals surface area contributed by atoms with Gasteiger partial charge >= 0.3 is 146 Å². The number of hydrogen-bond acceptors (Lipinski definition) is 4. The van der Waals surface area contributed by atoms with E-state index in [1.54, 1.807) is 0 Å². The molecule has 0 atom stereocenters. The maximum atomic E-state index is 14.2. The molecule has 135 valence electrons. The Bertz CT molecular complexity index is 841. The summed E-state index contributed by atoms with van der Waals surface area (Å²) in [6.45, 7) is 2.09. The van der Waals surface area contributed by atoms with Crippen LogP contribution in [0.3, 0.4) is 0 Å². The molecule has 1 aromatic carbocycles. The first-order valence-corrected chi connectivity index (χ1v) is 9.03. The number of halogens is 4. The van der Waals surface area contributed by atoms with Crippen molar-refractivity contribution in [2.75, 3.05) is 13.7 Å². The van der Waals surface area contributed by atoms with E-state index in [1.807, 2.05) is 6.92 Å². The summed E-state index contributed by atoms with van der Waals surface area (Å²) < 4.78 is 59.0. The van der Waals surface area contributed by atoms with E-state index < -0.39 is 60.8 Å². The van der Waals surface area contributed by atoms with Gasteiger partial charge in [-0.05, 0) is 0 Å². The number of unbranched alkanes of at least 4 members (excludes halogenated alkanes) is 1. The summed E-state index contributed by atoms with van der Waals surface area (Å²) >= 11 is -1.59. The second kappa shape index (κ2) is 7.86. The molecule has 2 rings (SSSR count). The number of amides is 1. The fourth-order valence-corrected chi connectivity index (χ4v) is 3.47. The Labute approximate surface area is 146 Å².